The first-order valence-corrected chi connectivity index (χ1v) is 14.8. The molecule has 2 aliphatic rings. The summed E-state index contributed by atoms with van der Waals surface area (Å²) < 4.78 is 5.21. The first-order valence-electron chi connectivity index (χ1n) is 14.8. The molecule has 0 N–H and O–H groups in total. The Morgan fingerprint density at radius 2 is 1.37 bits per heavy atom. The summed E-state index contributed by atoms with van der Waals surface area (Å²) in [5.74, 6) is -0.0890. The third kappa shape index (κ3) is 6.90. The van der Waals surface area contributed by atoms with Gasteiger partial charge in [0.1, 0.15) is 0 Å². The SMILES string of the molecule is Br.CCOC(=O)C(C)(C)c1ccc(C(=O)CCCN2CCC(=C3c4ccccc4CCc4ccccc43)CC2)cc1. The Morgan fingerprint density at radius 3 is 1.93 bits per heavy atom. The Kier molecular flexibility index (Phi) is 10.4. The number of nitrogens with zero attached hydrogens (tertiary/aromatic N) is 1. The predicted octanol–water partition coefficient (Wildman–Crippen LogP) is 7.76. The van der Waals surface area contributed by atoms with Gasteiger partial charge >= 0.3 is 5.97 Å². The second-order valence-corrected chi connectivity index (χ2v) is 11.6. The van der Waals surface area contributed by atoms with Crippen molar-refractivity contribution >= 4 is 34.3 Å². The van der Waals surface area contributed by atoms with Crippen LogP contribution >= 0.6 is 17.0 Å². The summed E-state index contributed by atoms with van der Waals surface area (Å²) in [4.78, 5) is 27.7. The number of fused-ring (bicyclic) bond motifs is 2. The summed E-state index contributed by atoms with van der Waals surface area (Å²) in [6, 6.07) is 25.3. The molecule has 1 aliphatic heterocycles. The highest BCUT2D eigenvalue weighted by Crippen LogP contribution is 2.38. The van der Waals surface area contributed by atoms with Crippen molar-refractivity contribution in [2.75, 3.05) is 26.2 Å². The van der Waals surface area contributed by atoms with Gasteiger partial charge in [0.05, 0.1) is 12.0 Å². The number of ether oxygens (including phenoxy) is 1. The summed E-state index contributed by atoms with van der Waals surface area (Å²) in [7, 11) is 0. The highest BCUT2D eigenvalue weighted by atomic mass is 79.9. The monoisotopic (exact) mass is 615 g/mol. The number of piperidine rings is 1. The topological polar surface area (TPSA) is 46.6 Å². The van der Waals surface area contributed by atoms with E-state index in [1.807, 2.05) is 45.0 Å². The van der Waals surface area contributed by atoms with Crippen LogP contribution in [0.3, 0.4) is 0 Å². The Morgan fingerprint density at radius 1 is 0.805 bits per heavy atom. The fraction of sp³-hybridized carbons (Fsp3) is 0.389. The number of hydrogen-bond acceptors (Lipinski definition) is 4. The standard InChI is InChI=1S/C36H41NO3.BrH/c1-4-40-35(39)36(2,3)30-19-17-28(18-20-30)33(38)14-9-23-37-24-21-29(22-25-37)34-31-12-7-5-10-26(31)15-16-27-11-6-8-13-32(27)34;/h5-8,10-13,17-20H,4,9,14-16,21-25H2,1-3H3;1H. The number of likely N-dealkylation sites (tertiary alicyclic amines) is 1. The molecule has 0 unspecified atom stereocenters. The number of halogens is 1. The minimum Gasteiger partial charge on any atom is -0.465 e. The van der Waals surface area contributed by atoms with Crippen LogP contribution in [0, 0.1) is 0 Å². The molecule has 5 heteroatoms. The minimum atomic E-state index is -0.735. The number of aryl methyl sites for hydroxylation is 2. The van der Waals surface area contributed by atoms with Crippen LogP contribution < -0.4 is 0 Å². The lowest BCUT2D eigenvalue weighted by Crippen LogP contribution is -2.32. The van der Waals surface area contributed by atoms with Gasteiger partial charge in [0.15, 0.2) is 5.78 Å². The van der Waals surface area contributed by atoms with E-state index in [1.54, 1.807) is 5.57 Å². The van der Waals surface area contributed by atoms with Crippen molar-refractivity contribution in [1.82, 2.24) is 4.90 Å². The molecule has 0 radical (unpaired) electrons. The van der Waals surface area contributed by atoms with Crippen LogP contribution in [0.4, 0.5) is 0 Å². The highest BCUT2D eigenvalue weighted by Gasteiger charge is 2.31. The third-order valence-electron chi connectivity index (χ3n) is 8.64. The van der Waals surface area contributed by atoms with Crippen LogP contribution in [0.5, 0.6) is 0 Å². The van der Waals surface area contributed by atoms with E-state index in [0.717, 1.165) is 57.3 Å². The second-order valence-electron chi connectivity index (χ2n) is 11.6. The van der Waals surface area contributed by atoms with E-state index < -0.39 is 5.41 Å². The Balaban J connectivity index is 0.00000387. The van der Waals surface area contributed by atoms with Gasteiger partial charge in [-0.15, -0.1) is 17.0 Å². The van der Waals surface area contributed by atoms with Gasteiger partial charge in [-0.3, -0.25) is 9.59 Å². The predicted molar refractivity (Wildman–Crippen MR) is 172 cm³/mol. The lowest BCUT2D eigenvalue weighted by atomic mass is 9.84. The van der Waals surface area contributed by atoms with E-state index in [2.05, 4.69) is 53.4 Å². The van der Waals surface area contributed by atoms with Crippen LogP contribution in [-0.2, 0) is 27.8 Å². The van der Waals surface area contributed by atoms with Crippen LogP contribution in [0.2, 0.25) is 0 Å². The number of Topliss-reactive ketones (excluding diaryl/α,β-unsaturated/α-hetero) is 1. The van der Waals surface area contributed by atoms with Crippen molar-refractivity contribution in [3.63, 3.8) is 0 Å². The van der Waals surface area contributed by atoms with Crippen LogP contribution in [0.25, 0.3) is 5.57 Å². The molecule has 1 fully saturated rings. The molecule has 1 aliphatic carbocycles. The van der Waals surface area contributed by atoms with Crippen molar-refractivity contribution in [3.05, 3.63) is 112 Å². The van der Waals surface area contributed by atoms with E-state index in [1.165, 1.54) is 27.8 Å². The maximum absolute atomic E-state index is 12.9. The van der Waals surface area contributed by atoms with Crippen molar-refractivity contribution in [2.24, 2.45) is 0 Å². The lowest BCUT2D eigenvalue weighted by Gasteiger charge is -2.30. The van der Waals surface area contributed by atoms with Crippen LogP contribution in [0.15, 0.2) is 78.4 Å². The molecule has 1 saturated heterocycles. The van der Waals surface area contributed by atoms with Gasteiger partial charge in [-0.1, -0.05) is 78.4 Å². The van der Waals surface area contributed by atoms with Crippen LogP contribution in [-0.4, -0.2) is 42.9 Å². The van der Waals surface area contributed by atoms with Crippen LogP contribution in [0.1, 0.15) is 84.6 Å². The zero-order chi connectivity index (χ0) is 28.1. The van der Waals surface area contributed by atoms with Gasteiger partial charge in [-0.05, 0) is 92.8 Å². The zero-order valence-corrected chi connectivity index (χ0v) is 26.3. The molecule has 4 nitrogen and oxygen atoms in total. The number of carbonyl (C=O) groups is 2. The zero-order valence-electron chi connectivity index (χ0n) is 24.6. The largest absolute Gasteiger partial charge is 0.465 e. The smallest absolute Gasteiger partial charge is 0.315 e. The molecule has 5 rings (SSSR count). The molecule has 41 heavy (non-hydrogen) atoms. The molecular weight excluding hydrogens is 574 g/mol. The molecule has 0 amide bonds. The minimum absolute atomic E-state index is 0. The lowest BCUT2D eigenvalue weighted by molar-refractivity contribution is -0.148. The summed E-state index contributed by atoms with van der Waals surface area (Å²) in [5.41, 5.74) is 9.61. The summed E-state index contributed by atoms with van der Waals surface area (Å²) in [6.45, 7) is 8.90. The van der Waals surface area contributed by atoms with Crippen molar-refractivity contribution in [2.45, 2.75) is 64.7 Å². The highest BCUT2D eigenvalue weighted by molar-refractivity contribution is 8.93. The summed E-state index contributed by atoms with van der Waals surface area (Å²) in [5, 5.41) is 0. The average Bonchev–Trinajstić information content (AvgIpc) is 3.15. The first kappa shape index (κ1) is 30.9. The van der Waals surface area contributed by atoms with Crippen molar-refractivity contribution in [1.29, 1.82) is 0 Å². The van der Waals surface area contributed by atoms with E-state index in [4.69, 9.17) is 4.74 Å². The van der Waals surface area contributed by atoms with E-state index in [-0.39, 0.29) is 28.7 Å². The average molecular weight is 617 g/mol. The Bertz CT molecular complexity index is 1350. The van der Waals surface area contributed by atoms with E-state index in [9.17, 15) is 9.59 Å². The van der Waals surface area contributed by atoms with Crippen molar-refractivity contribution < 1.29 is 14.3 Å². The molecule has 0 atom stereocenters. The molecule has 1 heterocycles. The molecule has 0 spiro atoms. The van der Waals surface area contributed by atoms with Gasteiger partial charge < -0.3 is 9.64 Å². The summed E-state index contributed by atoms with van der Waals surface area (Å²) in [6.07, 6.45) is 5.72. The first-order chi connectivity index (χ1) is 19.4. The van der Waals surface area contributed by atoms with Gasteiger partial charge in [-0.2, -0.15) is 0 Å². The fourth-order valence-corrected chi connectivity index (χ4v) is 6.17. The molecule has 0 saturated carbocycles. The summed E-state index contributed by atoms with van der Waals surface area (Å²) >= 11 is 0. The van der Waals surface area contributed by atoms with Gasteiger partial charge in [-0.25, -0.2) is 0 Å². The Hall–Kier alpha value is -3.02. The maximum Gasteiger partial charge on any atom is 0.315 e. The molecule has 3 aromatic carbocycles. The van der Waals surface area contributed by atoms with Gasteiger partial charge in [0, 0.05) is 25.1 Å². The fourth-order valence-electron chi connectivity index (χ4n) is 6.17. The van der Waals surface area contributed by atoms with E-state index >= 15 is 0 Å². The molecular formula is C36H42BrNO3. The second kappa shape index (κ2) is 13.8. The van der Waals surface area contributed by atoms with Gasteiger partial charge in [0.2, 0.25) is 0 Å². The normalized spacial score (nSPS) is 15.3. The number of carbonyl (C=O) groups excluding carboxylic acids is 2. The molecule has 0 aromatic heterocycles. The van der Waals surface area contributed by atoms with Gasteiger partial charge in [0.25, 0.3) is 0 Å². The number of ketones is 1. The maximum atomic E-state index is 12.9. The molecule has 3 aromatic rings. The number of esters is 1. The Labute approximate surface area is 255 Å². The molecule has 216 valence electrons. The number of hydrogen-bond donors (Lipinski definition) is 0. The van der Waals surface area contributed by atoms with Crippen molar-refractivity contribution in [3.8, 4) is 0 Å². The third-order valence-corrected chi connectivity index (χ3v) is 8.64. The quantitative estimate of drug-likeness (QED) is 0.192. The molecule has 0 bridgehead atoms. The number of rotatable bonds is 8. The van der Waals surface area contributed by atoms with E-state index in [0.29, 0.717) is 18.6 Å². The number of benzene rings is 3.